The molecule has 4 rings (SSSR count). The Morgan fingerprint density at radius 3 is 2.58 bits per heavy atom. The van der Waals surface area contributed by atoms with E-state index in [1.807, 2.05) is 18.2 Å². The predicted molar refractivity (Wildman–Crippen MR) is 105 cm³/mol. The van der Waals surface area contributed by atoms with Gasteiger partial charge in [-0.1, -0.05) is 42.0 Å². The molecular weight excluding hydrogens is 324 g/mol. The average Bonchev–Trinajstić information content (AvgIpc) is 2.69. The van der Waals surface area contributed by atoms with Crippen molar-refractivity contribution in [2.24, 2.45) is 0 Å². The predicted octanol–water partition coefficient (Wildman–Crippen LogP) is 1.93. The van der Waals surface area contributed by atoms with E-state index < -0.39 is 0 Å². The van der Waals surface area contributed by atoms with E-state index in [1.165, 1.54) is 5.56 Å². The first kappa shape index (κ1) is 16.9. The van der Waals surface area contributed by atoms with Crippen LogP contribution in [0.15, 0.2) is 48.5 Å². The van der Waals surface area contributed by atoms with Gasteiger partial charge < -0.3 is 15.0 Å². The molecule has 0 bridgehead atoms. The van der Waals surface area contributed by atoms with Crippen LogP contribution in [0.2, 0.25) is 0 Å². The van der Waals surface area contributed by atoms with Crippen molar-refractivity contribution in [2.45, 2.75) is 6.92 Å². The highest BCUT2D eigenvalue weighted by molar-refractivity contribution is 5.90. The number of nitrogens with one attached hydrogen (secondary N) is 2. The fraction of sp³-hybridized carbons (Fsp3) is 0.333. The molecule has 1 aliphatic rings. The second kappa shape index (κ2) is 7.81. The molecule has 2 heterocycles. The van der Waals surface area contributed by atoms with Crippen LogP contribution in [-0.4, -0.2) is 49.4 Å². The van der Waals surface area contributed by atoms with E-state index in [0.717, 1.165) is 67.5 Å². The number of para-hydroxylation sites is 1. The van der Waals surface area contributed by atoms with Gasteiger partial charge in [-0.25, -0.2) is 9.97 Å². The molecule has 1 aromatic heterocycles. The Bertz CT molecular complexity index is 873. The molecule has 3 aromatic rings. The van der Waals surface area contributed by atoms with Crippen LogP contribution in [0.25, 0.3) is 22.3 Å². The fourth-order valence-corrected chi connectivity index (χ4v) is 3.31. The van der Waals surface area contributed by atoms with Crippen molar-refractivity contribution < 1.29 is 9.64 Å². The van der Waals surface area contributed by atoms with Gasteiger partial charge in [0, 0.05) is 10.9 Å². The second-order valence-electron chi connectivity index (χ2n) is 6.82. The number of morpholine rings is 1. The zero-order valence-electron chi connectivity index (χ0n) is 15.2. The lowest BCUT2D eigenvalue weighted by atomic mass is 10.1. The van der Waals surface area contributed by atoms with Gasteiger partial charge in [0.05, 0.1) is 31.8 Å². The Hall–Kier alpha value is -2.50. The molecule has 1 saturated heterocycles. The van der Waals surface area contributed by atoms with E-state index in [1.54, 1.807) is 4.90 Å². The number of quaternary nitrogens is 1. The minimum absolute atomic E-state index is 0.768. The average molecular weight is 349 g/mol. The maximum Gasteiger partial charge on any atom is 0.162 e. The van der Waals surface area contributed by atoms with Gasteiger partial charge in [-0.15, -0.1) is 0 Å². The molecule has 0 spiro atoms. The third-order valence-electron chi connectivity index (χ3n) is 4.88. The normalized spacial score (nSPS) is 15.3. The summed E-state index contributed by atoms with van der Waals surface area (Å²) in [5.41, 5.74) is 3.25. The lowest BCUT2D eigenvalue weighted by Gasteiger charge is -2.23. The summed E-state index contributed by atoms with van der Waals surface area (Å²) in [7, 11) is 0. The monoisotopic (exact) mass is 349 g/mol. The first-order chi connectivity index (χ1) is 12.8. The summed E-state index contributed by atoms with van der Waals surface area (Å²) >= 11 is 0. The molecule has 0 unspecified atom stereocenters. The van der Waals surface area contributed by atoms with Crippen LogP contribution in [0, 0.1) is 6.92 Å². The summed E-state index contributed by atoms with van der Waals surface area (Å²) in [6.07, 6.45) is 0. The number of fused-ring (bicyclic) bond motifs is 1. The lowest BCUT2D eigenvalue weighted by molar-refractivity contribution is -0.906. The Morgan fingerprint density at radius 1 is 1.00 bits per heavy atom. The Balaban J connectivity index is 1.58. The number of nitrogens with zero attached hydrogens (tertiary/aromatic N) is 2. The smallest absolute Gasteiger partial charge is 0.162 e. The summed E-state index contributed by atoms with van der Waals surface area (Å²) in [6.45, 7) is 7.95. The molecule has 0 radical (unpaired) electrons. The first-order valence-electron chi connectivity index (χ1n) is 9.28. The first-order valence-corrected chi connectivity index (χ1v) is 9.28. The molecule has 0 atom stereocenters. The number of benzene rings is 2. The number of hydrogen-bond donors (Lipinski definition) is 2. The topological polar surface area (TPSA) is 51.5 Å². The number of hydrogen-bond acceptors (Lipinski definition) is 4. The van der Waals surface area contributed by atoms with Crippen molar-refractivity contribution in [3.05, 3.63) is 54.1 Å². The maximum atomic E-state index is 5.43. The molecule has 2 aromatic carbocycles. The highest BCUT2D eigenvalue weighted by Crippen LogP contribution is 2.24. The number of aryl methyl sites for hydroxylation is 1. The van der Waals surface area contributed by atoms with Crippen LogP contribution < -0.4 is 10.2 Å². The van der Waals surface area contributed by atoms with Crippen LogP contribution in [0.4, 0.5) is 5.82 Å². The summed E-state index contributed by atoms with van der Waals surface area (Å²) in [5, 5.41) is 4.61. The standard InChI is InChI=1S/C21H24N4O/c1-16-6-8-17(9-7-16)20-23-19-5-3-2-4-18(19)21(24-20)22-10-11-25-12-14-26-15-13-25/h2-9H,10-15H2,1H3,(H,22,23,24)/p+1. The van der Waals surface area contributed by atoms with Crippen molar-refractivity contribution in [1.82, 2.24) is 9.97 Å². The quantitative estimate of drug-likeness (QED) is 0.739. The van der Waals surface area contributed by atoms with E-state index in [9.17, 15) is 0 Å². The van der Waals surface area contributed by atoms with Crippen molar-refractivity contribution in [3.8, 4) is 11.4 Å². The van der Waals surface area contributed by atoms with E-state index in [4.69, 9.17) is 14.7 Å². The Kier molecular flexibility index (Phi) is 5.09. The van der Waals surface area contributed by atoms with E-state index in [0.29, 0.717) is 0 Å². The molecule has 0 amide bonds. The number of anilines is 1. The van der Waals surface area contributed by atoms with Crippen LogP contribution in [0.5, 0.6) is 0 Å². The number of ether oxygens (including phenoxy) is 1. The summed E-state index contributed by atoms with van der Waals surface area (Å²) in [6, 6.07) is 16.6. The summed E-state index contributed by atoms with van der Waals surface area (Å²) in [4.78, 5) is 11.2. The highest BCUT2D eigenvalue weighted by atomic mass is 16.5. The van der Waals surface area contributed by atoms with Crippen molar-refractivity contribution >= 4 is 16.7 Å². The molecule has 0 aliphatic carbocycles. The van der Waals surface area contributed by atoms with Gasteiger partial charge in [-0.05, 0) is 19.1 Å². The van der Waals surface area contributed by atoms with Crippen molar-refractivity contribution in [3.63, 3.8) is 0 Å². The van der Waals surface area contributed by atoms with Crippen LogP contribution in [-0.2, 0) is 4.74 Å². The maximum absolute atomic E-state index is 5.43. The van der Waals surface area contributed by atoms with Gasteiger partial charge in [-0.2, -0.15) is 0 Å². The molecule has 2 N–H and O–H groups in total. The van der Waals surface area contributed by atoms with Gasteiger partial charge >= 0.3 is 0 Å². The van der Waals surface area contributed by atoms with Gasteiger partial charge in [0.15, 0.2) is 5.82 Å². The summed E-state index contributed by atoms with van der Waals surface area (Å²) in [5.74, 6) is 1.68. The number of rotatable bonds is 5. The third-order valence-corrected chi connectivity index (χ3v) is 4.88. The minimum atomic E-state index is 0.768. The van der Waals surface area contributed by atoms with Crippen LogP contribution in [0.3, 0.4) is 0 Å². The van der Waals surface area contributed by atoms with Gasteiger partial charge in [0.1, 0.15) is 18.9 Å². The lowest BCUT2D eigenvalue weighted by Crippen LogP contribution is -3.14. The van der Waals surface area contributed by atoms with Gasteiger partial charge in [0.2, 0.25) is 0 Å². The minimum Gasteiger partial charge on any atom is -0.370 e. The fourth-order valence-electron chi connectivity index (χ4n) is 3.31. The van der Waals surface area contributed by atoms with Gasteiger partial charge in [0.25, 0.3) is 0 Å². The molecule has 5 nitrogen and oxygen atoms in total. The van der Waals surface area contributed by atoms with Crippen molar-refractivity contribution in [1.29, 1.82) is 0 Å². The Morgan fingerprint density at radius 2 is 1.77 bits per heavy atom. The zero-order chi connectivity index (χ0) is 17.8. The molecule has 5 heteroatoms. The Labute approximate surface area is 154 Å². The third kappa shape index (κ3) is 3.84. The zero-order valence-corrected chi connectivity index (χ0v) is 15.2. The second-order valence-corrected chi connectivity index (χ2v) is 6.82. The molecule has 1 aliphatic heterocycles. The van der Waals surface area contributed by atoms with Crippen LogP contribution in [0.1, 0.15) is 5.56 Å². The van der Waals surface area contributed by atoms with E-state index in [2.05, 4.69) is 42.6 Å². The largest absolute Gasteiger partial charge is 0.370 e. The molecule has 1 fully saturated rings. The SMILES string of the molecule is Cc1ccc(-c2nc(NCC[NH+]3CCOCC3)c3ccccc3n2)cc1. The molecule has 134 valence electrons. The summed E-state index contributed by atoms with van der Waals surface area (Å²) < 4.78 is 5.43. The van der Waals surface area contributed by atoms with Crippen molar-refractivity contribution in [2.75, 3.05) is 44.7 Å². The van der Waals surface area contributed by atoms with Crippen LogP contribution >= 0.6 is 0 Å². The molecular formula is C21H25N4O+. The highest BCUT2D eigenvalue weighted by Gasteiger charge is 2.14. The number of aromatic nitrogens is 2. The molecule has 0 saturated carbocycles. The van der Waals surface area contributed by atoms with E-state index >= 15 is 0 Å². The van der Waals surface area contributed by atoms with E-state index in [-0.39, 0.29) is 0 Å². The molecule has 26 heavy (non-hydrogen) atoms. The van der Waals surface area contributed by atoms with Gasteiger partial charge in [-0.3, -0.25) is 0 Å².